The lowest BCUT2D eigenvalue weighted by atomic mass is 10.0. The van der Waals surface area contributed by atoms with Crippen LogP contribution in [0.5, 0.6) is 0 Å². The number of carbonyl (C=O) groups excluding carboxylic acids is 1. The van der Waals surface area contributed by atoms with Gasteiger partial charge in [-0.1, -0.05) is 12.1 Å². The van der Waals surface area contributed by atoms with Gasteiger partial charge in [0.1, 0.15) is 11.5 Å². The molecule has 0 bridgehead atoms. The molecule has 0 saturated carbocycles. The van der Waals surface area contributed by atoms with Crippen LogP contribution in [0.4, 0.5) is 4.39 Å². The number of methoxy groups -OCH3 is 1. The summed E-state index contributed by atoms with van der Waals surface area (Å²) in [6.07, 6.45) is 1.52. The van der Waals surface area contributed by atoms with Gasteiger partial charge >= 0.3 is 5.97 Å². The second kappa shape index (κ2) is 5.91. The first kappa shape index (κ1) is 14.8. The van der Waals surface area contributed by atoms with Crippen LogP contribution in [0.1, 0.15) is 10.4 Å². The van der Waals surface area contributed by atoms with E-state index in [1.165, 1.54) is 30.2 Å². The Morgan fingerprint density at radius 2 is 2.09 bits per heavy atom. The quantitative estimate of drug-likeness (QED) is 0.686. The predicted octanol–water partition coefficient (Wildman–Crippen LogP) is 1.86. The molecule has 0 atom stereocenters. The molecule has 0 aliphatic carbocycles. The first-order chi connectivity index (χ1) is 11.1. The molecule has 0 aliphatic heterocycles. The van der Waals surface area contributed by atoms with Crippen LogP contribution in [-0.2, 0) is 11.8 Å². The van der Waals surface area contributed by atoms with E-state index in [1.54, 1.807) is 19.2 Å². The van der Waals surface area contributed by atoms with Gasteiger partial charge in [0, 0.05) is 17.3 Å². The molecule has 116 valence electrons. The molecule has 23 heavy (non-hydrogen) atoms. The van der Waals surface area contributed by atoms with E-state index in [-0.39, 0.29) is 5.56 Å². The van der Waals surface area contributed by atoms with Crippen LogP contribution < -0.4 is 0 Å². The van der Waals surface area contributed by atoms with E-state index in [9.17, 15) is 9.18 Å². The topological polar surface area (TPSA) is 82.8 Å². The van der Waals surface area contributed by atoms with Crippen LogP contribution in [0.25, 0.3) is 22.6 Å². The third-order valence-electron chi connectivity index (χ3n) is 3.20. The Labute approximate surface area is 130 Å². The number of rotatable bonds is 3. The Balaban J connectivity index is 1.92. The average molecular weight is 313 g/mol. The first-order valence-electron chi connectivity index (χ1n) is 6.67. The van der Waals surface area contributed by atoms with Gasteiger partial charge < -0.3 is 4.74 Å². The number of hydrogen-bond donors (Lipinski definition) is 0. The molecule has 0 unspecified atom stereocenters. The highest BCUT2D eigenvalue weighted by Crippen LogP contribution is 2.24. The van der Waals surface area contributed by atoms with Crippen molar-refractivity contribution in [3.05, 3.63) is 47.9 Å². The lowest BCUT2D eigenvalue weighted by molar-refractivity contribution is 0.0600. The number of halogens is 1. The van der Waals surface area contributed by atoms with Crippen molar-refractivity contribution in [3.8, 4) is 22.6 Å². The summed E-state index contributed by atoms with van der Waals surface area (Å²) < 4.78 is 18.7. The fourth-order valence-electron chi connectivity index (χ4n) is 2.07. The maximum atomic E-state index is 14.2. The molecule has 2 aromatic heterocycles. The van der Waals surface area contributed by atoms with Gasteiger partial charge in [0.15, 0.2) is 0 Å². The molecule has 3 rings (SSSR count). The Morgan fingerprint density at radius 3 is 2.65 bits per heavy atom. The molecule has 0 aliphatic rings. The van der Waals surface area contributed by atoms with Crippen LogP contribution in [0.3, 0.4) is 0 Å². The molecular formula is C15H12FN5O2. The fraction of sp³-hybridized carbons (Fsp3) is 0.133. The maximum Gasteiger partial charge on any atom is 0.337 e. The van der Waals surface area contributed by atoms with Crippen molar-refractivity contribution in [2.45, 2.75) is 0 Å². The van der Waals surface area contributed by atoms with Gasteiger partial charge in [-0.15, -0.1) is 10.2 Å². The van der Waals surface area contributed by atoms with Crippen LogP contribution in [0, 0.1) is 5.82 Å². The smallest absolute Gasteiger partial charge is 0.337 e. The number of ether oxygens (including phenoxy) is 1. The van der Waals surface area contributed by atoms with Crippen LogP contribution in [0.2, 0.25) is 0 Å². The summed E-state index contributed by atoms with van der Waals surface area (Å²) >= 11 is 0. The Bertz CT molecular complexity index is 861. The summed E-state index contributed by atoms with van der Waals surface area (Å²) in [4.78, 5) is 16.9. The summed E-state index contributed by atoms with van der Waals surface area (Å²) in [5.41, 5.74) is 1.60. The standard InChI is InChI=1S/C15H12FN5O2/c1-21-19-14(18-20-21)13-6-4-10(8-17-13)11-5-3-9(7-12(11)16)15(22)23-2/h3-8H,1-2H3. The van der Waals surface area contributed by atoms with E-state index in [2.05, 4.69) is 25.1 Å². The number of benzene rings is 1. The molecule has 0 saturated heterocycles. The zero-order chi connectivity index (χ0) is 16.4. The third kappa shape index (κ3) is 2.91. The van der Waals surface area contributed by atoms with Gasteiger partial charge in [-0.05, 0) is 23.4 Å². The van der Waals surface area contributed by atoms with Crippen molar-refractivity contribution >= 4 is 5.97 Å². The number of aromatic nitrogens is 5. The summed E-state index contributed by atoms with van der Waals surface area (Å²) in [6, 6.07) is 7.54. The highest BCUT2D eigenvalue weighted by Gasteiger charge is 2.12. The van der Waals surface area contributed by atoms with Crippen molar-refractivity contribution in [2.24, 2.45) is 7.05 Å². The van der Waals surface area contributed by atoms with E-state index in [0.717, 1.165) is 6.07 Å². The second-order valence-corrected chi connectivity index (χ2v) is 4.72. The van der Waals surface area contributed by atoms with Crippen molar-refractivity contribution in [1.29, 1.82) is 0 Å². The molecule has 0 amide bonds. The SMILES string of the molecule is COC(=O)c1ccc(-c2ccc(-c3nnn(C)n3)nc2)c(F)c1. The van der Waals surface area contributed by atoms with Crippen molar-refractivity contribution < 1.29 is 13.9 Å². The molecule has 1 aromatic carbocycles. The molecule has 0 spiro atoms. The van der Waals surface area contributed by atoms with E-state index in [1.807, 2.05) is 0 Å². The Morgan fingerprint density at radius 1 is 1.26 bits per heavy atom. The van der Waals surface area contributed by atoms with Crippen LogP contribution >= 0.6 is 0 Å². The minimum Gasteiger partial charge on any atom is -0.465 e. The van der Waals surface area contributed by atoms with Gasteiger partial charge in [0.05, 0.1) is 19.7 Å². The molecule has 3 aromatic rings. The molecular weight excluding hydrogens is 301 g/mol. The normalized spacial score (nSPS) is 10.6. The molecule has 0 N–H and O–H groups in total. The highest BCUT2D eigenvalue weighted by atomic mass is 19.1. The van der Waals surface area contributed by atoms with E-state index < -0.39 is 11.8 Å². The number of aryl methyl sites for hydroxylation is 1. The van der Waals surface area contributed by atoms with Gasteiger partial charge in [-0.25, -0.2) is 9.18 Å². The number of nitrogens with zero attached hydrogens (tertiary/aromatic N) is 5. The van der Waals surface area contributed by atoms with Crippen molar-refractivity contribution in [1.82, 2.24) is 25.2 Å². The van der Waals surface area contributed by atoms with Gasteiger partial charge in [0.25, 0.3) is 0 Å². The summed E-state index contributed by atoms with van der Waals surface area (Å²) in [5, 5.41) is 11.6. The summed E-state index contributed by atoms with van der Waals surface area (Å²) in [7, 11) is 2.90. The number of hydrogen-bond acceptors (Lipinski definition) is 6. The maximum absolute atomic E-state index is 14.2. The van der Waals surface area contributed by atoms with Crippen molar-refractivity contribution in [3.63, 3.8) is 0 Å². The first-order valence-corrected chi connectivity index (χ1v) is 6.67. The zero-order valence-electron chi connectivity index (χ0n) is 12.4. The number of esters is 1. The number of pyridine rings is 1. The van der Waals surface area contributed by atoms with Crippen LogP contribution in [-0.4, -0.2) is 38.3 Å². The van der Waals surface area contributed by atoms with Crippen LogP contribution in [0.15, 0.2) is 36.5 Å². The monoisotopic (exact) mass is 313 g/mol. The van der Waals surface area contributed by atoms with Gasteiger partial charge in [-0.2, -0.15) is 4.80 Å². The second-order valence-electron chi connectivity index (χ2n) is 4.72. The van der Waals surface area contributed by atoms with Gasteiger partial charge in [0.2, 0.25) is 5.82 Å². The highest BCUT2D eigenvalue weighted by molar-refractivity contribution is 5.90. The summed E-state index contributed by atoms with van der Waals surface area (Å²) in [6.45, 7) is 0. The lowest BCUT2D eigenvalue weighted by Gasteiger charge is -2.05. The molecule has 0 fully saturated rings. The third-order valence-corrected chi connectivity index (χ3v) is 3.20. The minimum absolute atomic E-state index is 0.155. The Hall–Kier alpha value is -3.16. The average Bonchev–Trinajstić information content (AvgIpc) is 3.00. The van der Waals surface area contributed by atoms with Gasteiger partial charge in [-0.3, -0.25) is 4.98 Å². The van der Waals surface area contributed by atoms with E-state index in [4.69, 9.17) is 0 Å². The fourth-order valence-corrected chi connectivity index (χ4v) is 2.07. The predicted molar refractivity (Wildman–Crippen MR) is 78.8 cm³/mol. The Kier molecular flexibility index (Phi) is 3.80. The van der Waals surface area contributed by atoms with Crippen molar-refractivity contribution in [2.75, 3.05) is 7.11 Å². The van der Waals surface area contributed by atoms with E-state index in [0.29, 0.717) is 22.6 Å². The lowest BCUT2D eigenvalue weighted by Crippen LogP contribution is -2.02. The largest absolute Gasteiger partial charge is 0.465 e. The zero-order valence-corrected chi connectivity index (χ0v) is 12.4. The molecule has 7 nitrogen and oxygen atoms in total. The minimum atomic E-state index is -0.586. The van der Waals surface area contributed by atoms with E-state index >= 15 is 0 Å². The summed E-state index contributed by atoms with van der Waals surface area (Å²) in [5.74, 6) is -0.724. The molecule has 0 radical (unpaired) electrons. The molecule has 2 heterocycles. The molecule has 8 heteroatoms. The number of tetrazole rings is 1. The number of carbonyl (C=O) groups is 1.